The molecule has 8 heteroatoms. The van der Waals surface area contributed by atoms with E-state index in [1.807, 2.05) is 0 Å². The molecule has 2 rings (SSSR count). The molecule has 0 aliphatic rings. The third-order valence-electron chi connectivity index (χ3n) is 3.29. The van der Waals surface area contributed by atoms with Crippen molar-refractivity contribution >= 4 is 18.1 Å². The van der Waals surface area contributed by atoms with Crippen molar-refractivity contribution in [3.8, 4) is 17.2 Å². The Balaban J connectivity index is 2.28. The molecule has 0 atom stereocenters. The van der Waals surface area contributed by atoms with Crippen LogP contribution in [-0.2, 0) is 0 Å². The number of hydrazone groups is 1. The maximum Gasteiger partial charge on any atom is 0.340 e. The van der Waals surface area contributed by atoms with Gasteiger partial charge < -0.3 is 19.7 Å². The van der Waals surface area contributed by atoms with Gasteiger partial charge in [0.15, 0.2) is 11.5 Å². The van der Waals surface area contributed by atoms with E-state index < -0.39 is 17.6 Å². The normalized spacial score (nSPS) is 10.5. The number of carbonyl (C=O) groups is 2. The van der Waals surface area contributed by atoms with E-state index in [0.717, 1.165) is 6.21 Å². The Morgan fingerprint density at radius 3 is 2.48 bits per heavy atom. The number of hydrogen-bond acceptors (Lipinski definition) is 6. The number of ether oxygens (including phenoxy) is 2. The number of carboxylic acid groups (broad SMARTS) is 1. The van der Waals surface area contributed by atoms with Crippen LogP contribution in [0.4, 0.5) is 0 Å². The second-order valence-corrected chi connectivity index (χ2v) is 4.77. The lowest BCUT2D eigenvalue weighted by Gasteiger charge is -2.12. The molecule has 2 aromatic carbocycles. The largest absolute Gasteiger partial charge is 0.872 e. The molecule has 0 bridgehead atoms. The maximum atomic E-state index is 11.9. The van der Waals surface area contributed by atoms with Crippen LogP contribution in [0.25, 0.3) is 0 Å². The lowest BCUT2D eigenvalue weighted by Crippen LogP contribution is -2.19. The lowest BCUT2D eigenvalue weighted by atomic mass is 10.1. The molecular weight excluding hydrogens is 328 g/mol. The minimum Gasteiger partial charge on any atom is -0.872 e. The lowest BCUT2D eigenvalue weighted by molar-refractivity contribution is -0.268. The van der Waals surface area contributed by atoms with Crippen LogP contribution < -0.4 is 20.0 Å². The summed E-state index contributed by atoms with van der Waals surface area (Å²) in [6, 6.07) is 8.67. The summed E-state index contributed by atoms with van der Waals surface area (Å²) >= 11 is 0. The predicted octanol–water partition coefficient (Wildman–Crippen LogP) is 1.24. The molecule has 0 saturated carbocycles. The molecular formula is C17H15N2O6-. The van der Waals surface area contributed by atoms with Crippen LogP contribution in [0.1, 0.15) is 26.3 Å². The number of carboxylic acids is 1. The molecule has 0 radical (unpaired) electrons. The number of methoxy groups -OCH3 is 2. The highest BCUT2D eigenvalue weighted by Crippen LogP contribution is 2.32. The minimum atomic E-state index is -1.24. The highest BCUT2D eigenvalue weighted by Gasteiger charge is 2.20. The molecule has 25 heavy (non-hydrogen) atoms. The molecule has 130 valence electrons. The van der Waals surface area contributed by atoms with Crippen LogP contribution in [-0.4, -0.2) is 37.4 Å². The molecule has 1 amide bonds. The van der Waals surface area contributed by atoms with Gasteiger partial charge in [-0.3, -0.25) is 4.79 Å². The highest BCUT2D eigenvalue weighted by molar-refractivity contribution is 6.02. The van der Waals surface area contributed by atoms with E-state index in [-0.39, 0.29) is 28.2 Å². The van der Waals surface area contributed by atoms with Crippen molar-refractivity contribution in [1.29, 1.82) is 0 Å². The maximum absolute atomic E-state index is 11.9. The summed E-state index contributed by atoms with van der Waals surface area (Å²) in [5.41, 5.74) is 2.15. The van der Waals surface area contributed by atoms with Crippen molar-refractivity contribution in [3.63, 3.8) is 0 Å². The Morgan fingerprint density at radius 2 is 1.88 bits per heavy atom. The van der Waals surface area contributed by atoms with Gasteiger partial charge in [0, 0.05) is 11.1 Å². The third-order valence-corrected chi connectivity index (χ3v) is 3.29. The summed E-state index contributed by atoms with van der Waals surface area (Å²) in [5.74, 6) is -2.09. The van der Waals surface area contributed by atoms with E-state index in [0.29, 0.717) is 0 Å². The smallest absolute Gasteiger partial charge is 0.340 e. The van der Waals surface area contributed by atoms with Crippen LogP contribution in [0, 0.1) is 0 Å². The number of nitrogens with zero attached hydrogens (tertiary/aromatic N) is 1. The number of rotatable bonds is 6. The number of carbonyl (C=O) groups excluding carboxylic acids is 1. The van der Waals surface area contributed by atoms with Crippen LogP contribution in [0.15, 0.2) is 41.5 Å². The van der Waals surface area contributed by atoms with Gasteiger partial charge in [0.1, 0.15) is 5.56 Å². The summed E-state index contributed by atoms with van der Waals surface area (Å²) in [7, 11) is 2.70. The topological polar surface area (TPSA) is 120 Å². The number of hydrogen-bond donors (Lipinski definition) is 2. The molecule has 0 aromatic heterocycles. The van der Waals surface area contributed by atoms with Gasteiger partial charge in [0.05, 0.1) is 20.4 Å². The molecule has 0 aliphatic heterocycles. The standard InChI is InChI=1S/C17H16N2O6/c1-24-13-8-7-10(14(17(22)23)15(13)25-2)9-18-19-16(21)11-5-3-4-6-12(11)20/h3-9,20H,1-2H3,(H,19,21)(H,22,23)/p-1. The zero-order valence-electron chi connectivity index (χ0n) is 13.5. The van der Waals surface area contributed by atoms with Crippen LogP contribution >= 0.6 is 0 Å². The van der Waals surface area contributed by atoms with Gasteiger partial charge in [-0.15, -0.1) is 0 Å². The van der Waals surface area contributed by atoms with Crippen molar-refractivity contribution in [2.24, 2.45) is 5.10 Å². The SMILES string of the molecule is COc1ccc(C=NNC(=O)c2ccccc2[O-])c(C(=O)O)c1OC. The molecule has 2 aromatic rings. The van der Waals surface area contributed by atoms with Gasteiger partial charge in [-0.1, -0.05) is 30.0 Å². The average molecular weight is 343 g/mol. The Kier molecular flexibility index (Phi) is 5.57. The summed E-state index contributed by atoms with van der Waals surface area (Å²) < 4.78 is 10.1. The zero-order valence-corrected chi connectivity index (χ0v) is 13.5. The first-order chi connectivity index (χ1) is 12.0. The second-order valence-electron chi connectivity index (χ2n) is 4.77. The first kappa shape index (κ1) is 17.8. The molecule has 0 fully saturated rings. The highest BCUT2D eigenvalue weighted by atomic mass is 16.5. The fourth-order valence-electron chi connectivity index (χ4n) is 2.15. The Hall–Kier alpha value is -3.55. The fourth-order valence-corrected chi connectivity index (χ4v) is 2.15. The van der Waals surface area contributed by atoms with Gasteiger partial charge in [-0.2, -0.15) is 5.10 Å². The average Bonchev–Trinajstić information content (AvgIpc) is 2.60. The number of para-hydroxylation sites is 1. The molecule has 8 nitrogen and oxygen atoms in total. The number of benzene rings is 2. The Morgan fingerprint density at radius 1 is 1.16 bits per heavy atom. The summed E-state index contributed by atoms with van der Waals surface area (Å²) in [6.45, 7) is 0. The minimum absolute atomic E-state index is 0.0372. The van der Waals surface area contributed by atoms with E-state index >= 15 is 0 Å². The number of aromatic carboxylic acids is 1. The molecule has 0 saturated heterocycles. The predicted molar refractivity (Wildman–Crippen MR) is 87.5 cm³/mol. The van der Waals surface area contributed by atoms with Gasteiger partial charge >= 0.3 is 5.97 Å². The van der Waals surface area contributed by atoms with Crippen molar-refractivity contribution in [2.45, 2.75) is 0 Å². The van der Waals surface area contributed by atoms with Crippen molar-refractivity contribution in [1.82, 2.24) is 5.43 Å². The summed E-state index contributed by atoms with van der Waals surface area (Å²) in [4.78, 5) is 23.4. The van der Waals surface area contributed by atoms with Gasteiger partial charge in [-0.05, 0) is 12.1 Å². The first-order valence-corrected chi connectivity index (χ1v) is 7.07. The molecule has 2 N–H and O–H groups in total. The molecule has 0 spiro atoms. The van der Waals surface area contributed by atoms with E-state index in [2.05, 4.69) is 10.5 Å². The molecule has 0 unspecified atom stereocenters. The van der Waals surface area contributed by atoms with Gasteiger partial charge in [0.25, 0.3) is 5.91 Å². The summed E-state index contributed by atoms with van der Waals surface area (Å²) in [5, 5.41) is 24.7. The van der Waals surface area contributed by atoms with Crippen LogP contribution in [0.5, 0.6) is 17.2 Å². The van der Waals surface area contributed by atoms with Crippen LogP contribution in [0.3, 0.4) is 0 Å². The van der Waals surface area contributed by atoms with Crippen molar-refractivity contribution in [3.05, 3.63) is 53.1 Å². The van der Waals surface area contributed by atoms with E-state index in [1.165, 1.54) is 44.6 Å². The third kappa shape index (κ3) is 3.86. The number of amides is 1. The zero-order chi connectivity index (χ0) is 18.4. The Labute approximate surface area is 143 Å². The van der Waals surface area contributed by atoms with Gasteiger partial charge in [-0.25, -0.2) is 10.2 Å². The summed E-state index contributed by atoms with van der Waals surface area (Å²) in [6.07, 6.45) is 1.15. The number of nitrogens with one attached hydrogen (secondary N) is 1. The van der Waals surface area contributed by atoms with Crippen molar-refractivity contribution in [2.75, 3.05) is 14.2 Å². The van der Waals surface area contributed by atoms with Gasteiger partial charge in [0.2, 0.25) is 0 Å². The molecule has 0 aliphatic carbocycles. The Bertz CT molecular complexity index is 832. The van der Waals surface area contributed by atoms with Crippen molar-refractivity contribution < 1.29 is 29.3 Å². The van der Waals surface area contributed by atoms with Crippen LogP contribution in [0.2, 0.25) is 0 Å². The molecule has 0 heterocycles. The second kappa shape index (κ2) is 7.82. The van der Waals surface area contributed by atoms with E-state index in [4.69, 9.17) is 9.47 Å². The monoisotopic (exact) mass is 343 g/mol. The van der Waals surface area contributed by atoms with E-state index in [1.54, 1.807) is 6.07 Å². The quantitative estimate of drug-likeness (QED) is 0.601. The first-order valence-electron chi connectivity index (χ1n) is 7.07. The van der Waals surface area contributed by atoms with E-state index in [9.17, 15) is 19.8 Å². The fraction of sp³-hybridized carbons (Fsp3) is 0.118.